The molecule has 17 heavy (non-hydrogen) atoms. The van der Waals surface area contributed by atoms with Crippen molar-refractivity contribution in [3.8, 4) is 0 Å². The van der Waals surface area contributed by atoms with Gasteiger partial charge in [0.05, 0.1) is 0 Å². The van der Waals surface area contributed by atoms with Crippen LogP contribution in [0.5, 0.6) is 0 Å². The summed E-state index contributed by atoms with van der Waals surface area (Å²) in [6, 6.07) is -0.0766. The van der Waals surface area contributed by atoms with E-state index in [9.17, 15) is 4.79 Å². The molecule has 0 aromatic heterocycles. The minimum Gasteiger partial charge on any atom is -0.459 e. The van der Waals surface area contributed by atoms with Crippen LogP contribution in [0.2, 0.25) is 0 Å². The van der Waals surface area contributed by atoms with E-state index in [1.54, 1.807) is 0 Å². The number of hydrogen-bond acceptors (Lipinski definition) is 3. The second-order valence-corrected chi connectivity index (χ2v) is 6.73. The molecular formula is C14H25NO2. The number of carbonyl (C=O) groups is 1. The van der Waals surface area contributed by atoms with Crippen molar-refractivity contribution in [2.24, 2.45) is 5.41 Å². The molecule has 2 fully saturated rings. The molecule has 1 unspecified atom stereocenters. The van der Waals surface area contributed by atoms with Crippen LogP contribution in [0.3, 0.4) is 0 Å². The summed E-state index contributed by atoms with van der Waals surface area (Å²) in [5.74, 6) is -0.0695. The molecule has 3 heteroatoms. The van der Waals surface area contributed by atoms with Crippen molar-refractivity contribution >= 4 is 5.97 Å². The van der Waals surface area contributed by atoms with E-state index in [1.165, 1.54) is 32.1 Å². The standard InChI is InChI=1S/C14H25NO2/c1-13(2,3)17-12(16)11-9-14(10-15-11)7-5-4-6-8-14/h11,15H,4-10H2,1-3H3. The molecule has 1 saturated heterocycles. The van der Waals surface area contributed by atoms with Crippen LogP contribution in [-0.2, 0) is 9.53 Å². The van der Waals surface area contributed by atoms with Gasteiger partial charge in [-0.3, -0.25) is 4.79 Å². The van der Waals surface area contributed by atoms with Gasteiger partial charge < -0.3 is 10.1 Å². The van der Waals surface area contributed by atoms with Crippen LogP contribution in [0.1, 0.15) is 59.3 Å². The van der Waals surface area contributed by atoms with Gasteiger partial charge in [-0.05, 0) is 45.4 Å². The third kappa shape index (κ3) is 3.21. The highest BCUT2D eigenvalue weighted by atomic mass is 16.6. The van der Waals surface area contributed by atoms with Crippen LogP contribution in [0, 0.1) is 5.41 Å². The highest BCUT2D eigenvalue weighted by molar-refractivity contribution is 5.76. The maximum absolute atomic E-state index is 12.0. The summed E-state index contributed by atoms with van der Waals surface area (Å²) < 4.78 is 5.45. The smallest absolute Gasteiger partial charge is 0.323 e. The quantitative estimate of drug-likeness (QED) is 0.715. The van der Waals surface area contributed by atoms with Crippen molar-refractivity contribution in [2.45, 2.75) is 70.9 Å². The summed E-state index contributed by atoms with van der Waals surface area (Å²) in [7, 11) is 0. The van der Waals surface area contributed by atoms with E-state index >= 15 is 0 Å². The number of nitrogens with one attached hydrogen (secondary N) is 1. The van der Waals surface area contributed by atoms with E-state index in [0.717, 1.165) is 13.0 Å². The van der Waals surface area contributed by atoms with E-state index in [0.29, 0.717) is 5.41 Å². The second-order valence-electron chi connectivity index (χ2n) is 6.73. The van der Waals surface area contributed by atoms with Gasteiger partial charge in [-0.15, -0.1) is 0 Å². The van der Waals surface area contributed by atoms with Gasteiger partial charge in [0.15, 0.2) is 0 Å². The predicted octanol–water partition coefficient (Wildman–Crippen LogP) is 2.64. The topological polar surface area (TPSA) is 38.3 Å². The Bertz CT molecular complexity index is 287. The van der Waals surface area contributed by atoms with Crippen molar-refractivity contribution in [1.82, 2.24) is 5.32 Å². The molecule has 0 aromatic carbocycles. The maximum atomic E-state index is 12.0. The largest absolute Gasteiger partial charge is 0.459 e. The zero-order chi connectivity index (χ0) is 12.5. The fraction of sp³-hybridized carbons (Fsp3) is 0.929. The third-order valence-corrected chi connectivity index (χ3v) is 3.97. The molecule has 1 heterocycles. The Hall–Kier alpha value is -0.570. The van der Waals surface area contributed by atoms with Crippen LogP contribution in [-0.4, -0.2) is 24.2 Å². The maximum Gasteiger partial charge on any atom is 0.323 e. The van der Waals surface area contributed by atoms with Crippen LogP contribution in [0.25, 0.3) is 0 Å². The summed E-state index contributed by atoms with van der Waals surface area (Å²) in [5.41, 5.74) is 0.0148. The Kier molecular flexibility index (Phi) is 3.48. The van der Waals surface area contributed by atoms with Gasteiger partial charge in [-0.2, -0.15) is 0 Å². The van der Waals surface area contributed by atoms with E-state index in [4.69, 9.17) is 4.74 Å². The van der Waals surface area contributed by atoms with Gasteiger partial charge >= 0.3 is 5.97 Å². The number of rotatable bonds is 1. The van der Waals surface area contributed by atoms with Gasteiger partial charge in [0.25, 0.3) is 0 Å². The van der Waals surface area contributed by atoms with Crippen LogP contribution >= 0.6 is 0 Å². The molecule has 1 saturated carbocycles. The predicted molar refractivity (Wildman–Crippen MR) is 67.8 cm³/mol. The molecule has 2 rings (SSSR count). The van der Waals surface area contributed by atoms with Crippen LogP contribution in [0.15, 0.2) is 0 Å². The molecule has 0 amide bonds. The first-order valence-corrected chi connectivity index (χ1v) is 6.87. The van der Waals surface area contributed by atoms with E-state index < -0.39 is 0 Å². The first-order chi connectivity index (χ1) is 7.90. The highest BCUT2D eigenvalue weighted by Crippen LogP contribution is 2.43. The van der Waals surface area contributed by atoms with Crippen molar-refractivity contribution < 1.29 is 9.53 Å². The van der Waals surface area contributed by atoms with Gasteiger partial charge in [0.2, 0.25) is 0 Å². The minimum atomic E-state index is -0.374. The highest BCUT2D eigenvalue weighted by Gasteiger charge is 2.43. The Morgan fingerprint density at radius 2 is 1.88 bits per heavy atom. The Morgan fingerprint density at radius 3 is 2.47 bits per heavy atom. The summed E-state index contributed by atoms with van der Waals surface area (Å²) in [6.07, 6.45) is 7.53. The number of hydrogen-bond donors (Lipinski definition) is 1. The number of esters is 1. The van der Waals surface area contributed by atoms with Gasteiger partial charge in [0.1, 0.15) is 11.6 Å². The van der Waals surface area contributed by atoms with Crippen molar-refractivity contribution in [3.05, 3.63) is 0 Å². The molecule has 1 spiro atoms. The summed E-state index contributed by atoms with van der Waals surface area (Å²) in [5, 5.41) is 3.36. The number of carbonyl (C=O) groups excluding carboxylic acids is 1. The zero-order valence-electron chi connectivity index (χ0n) is 11.3. The van der Waals surface area contributed by atoms with Crippen molar-refractivity contribution in [2.75, 3.05) is 6.54 Å². The molecule has 3 nitrogen and oxygen atoms in total. The first kappa shape index (κ1) is 12.9. The molecule has 0 aromatic rings. The minimum absolute atomic E-state index is 0.0695. The lowest BCUT2D eigenvalue weighted by molar-refractivity contribution is -0.157. The first-order valence-electron chi connectivity index (χ1n) is 6.87. The molecule has 1 atom stereocenters. The molecule has 1 aliphatic carbocycles. The number of ether oxygens (including phenoxy) is 1. The Morgan fingerprint density at radius 1 is 1.24 bits per heavy atom. The fourth-order valence-corrected chi connectivity index (χ4v) is 3.14. The lowest BCUT2D eigenvalue weighted by Gasteiger charge is -2.32. The molecular weight excluding hydrogens is 214 g/mol. The molecule has 1 aliphatic heterocycles. The molecule has 0 radical (unpaired) electrons. The third-order valence-electron chi connectivity index (χ3n) is 3.97. The lowest BCUT2D eigenvalue weighted by atomic mass is 9.73. The zero-order valence-corrected chi connectivity index (χ0v) is 11.3. The Labute approximate surface area is 104 Å². The average Bonchev–Trinajstić information content (AvgIpc) is 2.61. The van der Waals surface area contributed by atoms with Crippen LogP contribution in [0.4, 0.5) is 0 Å². The summed E-state index contributed by atoms with van der Waals surface area (Å²) in [4.78, 5) is 12.0. The van der Waals surface area contributed by atoms with Crippen molar-refractivity contribution in [3.63, 3.8) is 0 Å². The summed E-state index contributed by atoms with van der Waals surface area (Å²) in [6.45, 7) is 6.78. The van der Waals surface area contributed by atoms with E-state index in [1.807, 2.05) is 20.8 Å². The normalized spacial score (nSPS) is 28.3. The lowest BCUT2D eigenvalue weighted by Crippen LogP contribution is -2.37. The SMILES string of the molecule is CC(C)(C)OC(=O)C1CC2(CCCCC2)CN1. The molecule has 2 aliphatic rings. The van der Waals surface area contributed by atoms with Gasteiger partial charge in [-0.25, -0.2) is 0 Å². The molecule has 1 N–H and O–H groups in total. The van der Waals surface area contributed by atoms with Gasteiger partial charge in [0, 0.05) is 6.54 Å². The van der Waals surface area contributed by atoms with E-state index in [-0.39, 0.29) is 17.6 Å². The van der Waals surface area contributed by atoms with Gasteiger partial charge in [-0.1, -0.05) is 19.3 Å². The molecule has 0 bridgehead atoms. The fourth-order valence-electron chi connectivity index (χ4n) is 3.14. The average molecular weight is 239 g/mol. The van der Waals surface area contributed by atoms with Crippen LogP contribution < -0.4 is 5.32 Å². The summed E-state index contributed by atoms with van der Waals surface area (Å²) >= 11 is 0. The monoisotopic (exact) mass is 239 g/mol. The molecule has 98 valence electrons. The van der Waals surface area contributed by atoms with E-state index in [2.05, 4.69) is 5.32 Å². The second kappa shape index (κ2) is 4.60. The van der Waals surface area contributed by atoms with Crippen molar-refractivity contribution in [1.29, 1.82) is 0 Å². The Balaban J connectivity index is 1.91.